The molecule has 29 heavy (non-hydrogen) atoms. The van der Waals surface area contributed by atoms with Crippen molar-refractivity contribution < 1.29 is 22.7 Å². The van der Waals surface area contributed by atoms with Gasteiger partial charge in [-0.3, -0.25) is 5.32 Å². The Labute approximate surface area is 165 Å². The quantitative estimate of drug-likeness (QED) is 0.422. The molecule has 156 valence electrons. The third-order valence-electron chi connectivity index (χ3n) is 5.05. The van der Waals surface area contributed by atoms with Crippen LogP contribution in [0.4, 0.5) is 17.6 Å². The fraction of sp³-hybridized carbons (Fsp3) is 0.400. The lowest BCUT2D eigenvalue weighted by Crippen LogP contribution is -2.59. The van der Waals surface area contributed by atoms with Crippen LogP contribution in [-0.2, 0) is 12.0 Å². The van der Waals surface area contributed by atoms with Crippen LogP contribution in [-0.4, -0.2) is 32.2 Å². The van der Waals surface area contributed by atoms with E-state index in [4.69, 9.17) is 0 Å². The Kier molecular flexibility index (Phi) is 5.40. The second-order valence-corrected chi connectivity index (χ2v) is 7.88. The third-order valence-corrected chi connectivity index (χ3v) is 5.05. The molecule has 0 aliphatic heterocycles. The largest absolute Gasteiger partial charge is 0.431 e. The topological polar surface area (TPSA) is 73.8 Å². The summed E-state index contributed by atoms with van der Waals surface area (Å²) in [5.41, 5.74) is -2.21. The molecule has 0 aliphatic rings. The van der Waals surface area contributed by atoms with E-state index in [1.54, 1.807) is 26.8 Å². The number of rotatable bonds is 6. The number of hydrogen-bond donors (Lipinski definition) is 3. The number of aromatic nitrogens is 3. The van der Waals surface area contributed by atoms with Crippen molar-refractivity contribution in [2.45, 2.75) is 51.1 Å². The van der Waals surface area contributed by atoms with Crippen molar-refractivity contribution in [2.75, 3.05) is 0 Å². The number of aliphatic hydroxyl groups is 1. The lowest BCUT2D eigenvalue weighted by Gasteiger charge is -2.39. The molecule has 9 heteroatoms. The summed E-state index contributed by atoms with van der Waals surface area (Å²) in [4.78, 5) is 2.94. The zero-order chi connectivity index (χ0) is 21.4. The van der Waals surface area contributed by atoms with E-state index in [1.165, 1.54) is 30.6 Å². The summed E-state index contributed by atoms with van der Waals surface area (Å²) in [5, 5.41) is 20.9. The summed E-state index contributed by atoms with van der Waals surface area (Å²) in [7, 11) is 0. The molecule has 3 N–H and O–H groups in total. The van der Waals surface area contributed by atoms with Gasteiger partial charge in [0.1, 0.15) is 5.82 Å². The van der Waals surface area contributed by atoms with Crippen LogP contribution in [0.25, 0.3) is 10.9 Å². The highest BCUT2D eigenvalue weighted by Gasteiger charge is 2.56. The van der Waals surface area contributed by atoms with Crippen molar-refractivity contribution >= 4 is 10.9 Å². The maximum absolute atomic E-state index is 13.8. The molecule has 1 atom stereocenters. The molecule has 0 saturated heterocycles. The molecule has 2 heterocycles. The summed E-state index contributed by atoms with van der Waals surface area (Å²) in [6.45, 7) is 4.53. The summed E-state index contributed by atoms with van der Waals surface area (Å²) >= 11 is 0. The van der Waals surface area contributed by atoms with E-state index in [-0.39, 0.29) is 6.54 Å². The number of aryl methyl sites for hydroxylation is 1. The van der Waals surface area contributed by atoms with Crippen LogP contribution in [0.2, 0.25) is 0 Å². The van der Waals surface area contributed by atoms with Crippen LogP contribution in [0, 0.1) is 12.7 Å². The maximum atomic E-state index is 13.8. The first-order valence-electron chi connectivity index (χ1n) is 9.00. The number of benzene rings is 1. The van der Waals surface area contributed by atoms with Gasteiger partial charge in [0.15, 0.2) is 0 Å². The fourth-order valence-corrected chi connectivity index (χ4v) is 3.60. The molecule has 1 aromatic carbocycles. The van der Waals surface area contributed by atoms with Gasteiger partial charge >= 0.3 is 6.18 Å². The van der Waals surface area contributed by atoms with Gasteiger partial charge < -0.3 is 10.1 Å². The number of halogens is 4. The molecule has 0 radical (unpaired) electrons. The first kappa shape index (κ1) is 21.2. The molecule has 0 aliphatic carbocycles. The Bertz CT molecular complexity index is 982. The van der Waals surface area contributed by atoms with Crippen LogP contribution in [0.3, 0.4) is 0 Å². The van der Waals surface area contributed by atoms with E-state index in [9.17, 15) is 22.7 Å². The number of aromatic amines is 1. The maximum Gasteiger partial charge on any atom is 0.431 e. The van der Waals surface area contributed by atoms with Crippen molar-refractivity contribution in [1.82, 2.24) is 20.5 Å². The van der Waals surface area contributed by atoms with Crippen molar-refractivity contribution in [3.8, 4) is 0 Å². The van der Waals surface area contributed by atoms with Crippen LogP contribution in [0.1, 0.15) is 37.1 Å². The molecule has 5 nitrogen and oxygen atoms in total. The molecule has 0 fully saturated rings. The number of alkyl halides is 3. The highest BCUT2D eigenvalue weighted by atomic mass is 19.4. The third kappa shape index (κ3) is 4.40. The van der Waals surface area contributed by atoms with Gasteiger partial charge in [0.25, 0.3) is 0 Å². The van der Waals surface area contributed by atoms with Gasteiger partial charge in [0.2, 0.25) is 5.72 Å². The summed E-state index contributed by atoms with van der Waals surface area (Å²) in [6.07, 6.45) is -2.69. The van der Waals surface area contributed by atoms with Crippen molar-refractivity contribution in [2.24, 2.45) is 0 Å². The highest BCUT2D eigenvalue weighted by Crippen LogP contribution is 2.40. The smallest absolute Gasteiger partial charge is 0.368 e. The van der Waals surface area contributed by atoms with E-state index < -0.39 is 29.6 Å². The van der Waals surface area contributed by atoms with Gasteiger partial charge in [-0.1, -0.05) is 19.9 Å². The number of hydrogen-bond acceptors (Lipinski definition) is 4. The molecule has 0 amide bonds. The Balaban J connectivity index is 1.86. The number of H-pyrrole nitrogens is 1. The van der Waals surface area contributed by atoms with E-state index in [2.05, 4.69) is 20.5 Å². The summed E-state index contributed by atoms with van der Waals surface area (Å²) in [6, 6.07) is 5.61. The monoisotopic (exact) mass is 410 g/mol. The lowest BCUT2D eigenvalue weighted by atomic mass is 9.75. The number of fused-ring (bicyclic) bond motifs is 1. The average molecular weight is 410 g/mol. The molecule has 0 bridgehead atoms. The predicted octanol–water partition coefficient (Wildman–Crippen LogP) is 4.11. The first-order chi connectivity index (χ1) is 13.4. The minimum Gasteiger partial charge on any atom is -0.368 e. The van der Waals surface area contributed by atoms with Crippen LogP contribution in [0.15, 0.2) is 36.7 Å². The predicted molar refractivity (Wildman–Crippen MR) is 101 cm³/mol. The van der Waals surface area contributed by atoms with E-state index in [1.807, 2.05) is 0 Å². The Morgan fingerprint density at radius 3 is 2.45 bits per heavy atom. The molecular formula is C20H22F4N4O. The van der Waals surface area contributed by atoms with Crippen LogP contribution in [0.5, 0.6) is 0 Å². The molecular weight excluding hydrogens is 388 g/mol. The second kappa shape index (κ2) is 7.38. The first-order valence-corrected chi connectivity index (χ1v) is 9.00. The van der Waals surface area contributed by atoms with Gasteiger partial charge in [-0.25, -0.2) is 4.39 Å². The lowest BCUT2D eigenvalue weighted by molar-refractivity contribution is -0.280. The number of nitrogens with zero attached hydrogens (tertiary/aromatic N) is 2. The minimum absolute atomic E-state index is 0.261. The van der Waals surface area contributed by atoms with Gasteiger partial charge in [0, 0.05) is 24.0 Å². The van der Waals surface area contributed by atoms with Crippen LogP contribution < -0.4 is 5.32 Å². The molecule has 1 unspecified atom stereocenters. The van der Waals surface area contributed by atoms with Gasteiger partial charge in [-0.2, -0.15) is 23.4 Å². The van der Waals surface area contributed by atoms with Gasteiger partial charge in [0.05, 0.1) is 17.9 Å². The van der Waals surface area contributed by atoms with Crippen LogP contribution >= 0.6 is 0 Å². The van der Waals surface area contributed by atoms with E-state index in [0.717, 1.165) is 0 Å². The Hall–Kier alpha value is -2.52. The molecule has 0 saturated carbocycles. The normalized spacial score (nSPS) is 14.9. The molecule has 3 rings (SSSR count). The van der Waals surface area contributed by atoms with Gasteiger partial charge in [-0.05, 0) is 41.7 Å². The average Bonchev–Trinajstić information content (AvgIpc) is 3.04. The van der Waals surface area contributed by atoms with Gasteiger partial charge in [-0.15, -0.1) is 0 Å². The Morgan fingerprint density at radius 2 is 1.79 bits per heavy atom. The van der Waals surface area contributed by atoms with Crippen molar-refractivity contribution in [1.29, 1.82) is 0 Å². The van der Waals surface area contributed by atoms with Crippen molar-refractivity contribution in [3.05, 3.63) is 59.3 Å². The number of nitrogens with one attached hydrogen (secondary N) is 2. The second-order valence-electron chi connectivity index (χ2n) is 7.88. The summed E-state index contributed by atoms with van der Waals surface area (Å²) in [5.74, 6) is -0.539. The summed E-state index contributed by atoms with van der Waals surface area (Å²) < 4.78 is 55.2. The molecule has 2 aromatic heterocycles. The van der Waals surface area contributed by atoms with E-state index in [0.29, 0.717) is 27.7 Å². The highest BCUT2D eigenvalue weighted by molar-refractivity contribution is 5.78. The zero-order valence-electron chi connectivity index (χ0n) is 16.2. The SMILES string of the molecule is Cc1ccc(F)cc1C(C)(C)CC(O)(NCc1cc2cnncc2[nH]1)C(F)(F)F. The van der Waals surface area contributed by atoms with E-state index >= 15 is 0 Å². The fourth-order valence-electron chi connectivity index (χ4n) is 3.60. The Morgan fingerprint density at radius 1 is 1.10 bits per heavy atom. The standard InChI is InChI=1S/C20H22F4N4O/c1-12-4-5-14(21)7-16(12)18(2,3)11-19(29,20(22,23)24)25-9-15-6-13-8-26-27-10-17(13)28-15/h4-8,10,25,28-29H,9,11H2,1-3H3. The molecule has 3 aromatic rings. The zero-order valence-corrected chi connectivity index (χ0v) is 16.2. The molecule has 0 spiro atoms. The van der Waals surface area contributed by atoms with Crippen molar-refractivity contribution in [3.63, 3.8) is 0 Å². The minimum atomic E-state index is -4.94.